The number of benzene rings is 1. The molecule has 1 aromatic heterocycles. The zero-order chi connectivity index (χ0) is 15.4. The summed E-state index contributed by atoms with van der Waals surface area (Å²) < 4.78 is 11.6. The number of hydrogen-bond donors (Lipinski definition) is 2. The first-order valence-corrected chi connectivity index (χ1v) is 6.79. The molecule has 0 radical (unpaired) electrons. The topological polar surface area (TPSA) is 106 Å². The molecule has 0 aliphatic rings. The van der Waals surface area contributed by atoms with Gasteiger partial charge in [0.25, 0.3) is 0 Å². The van der Waals surface area contributed by atoms with E-state index in [0.29, 0.717) is 17.2 Å². The number of nitrogens with one attached hydrogen (secondary N) is 1. The van der Waals surface area contributed by atoms with Crippen LogP contribution in [0.5, 0.6) is 11.5 Å². The molecule has 0 amide bonds. The maximum Gasteiger partial charge on any atom is 0.348 e. The van der Waals surface area contributed by atoms with Crippen molar-refractivity contribution in [3.05, 3.63) is 28.7 Å². The van der Waals surface area contributed by atoms with Gasteiger partial charge in [-0.15, -0.1) is 5.10 Å². The van der Waals surface area contributed by atoms with Crippen LogP contribution in [-0.2, 0) is 4.79 Å². The molecule has 1 aromatic carbocycles. The zero-order valence-corrected chi connectivity index (χ0v) is 12.1. The number of carboxylic acid groups (broad SMARTS) is 1. The number of rotatable bonds is 6. The minimum Gasteiger partial charge on any atom is -0.497 e. The van der Waals surface area contributed by atoms with Crippen molar-refractivity contribution in [1.29, 1.82) is 0 Å². The molecule has 0 saturated carbocycles. The summed E-state index contributed by atoms with van der Waals surface area (Å²) in [7, 11) is 2.99. The van der Waals surface area contributed by atoms with Crippen molar-refractivity contribution in [3.8, 4) is 17.2 Å². The third-order valence-corrected chi connectivity index (χ3v) is 3.52. The second kappa shape index (κ2) is 6.35. The molecule has 0 bridgehead atoms. The van der Waals surface area contributed by atoms with E-state index in [-0.39, 0.29) is 10.9 Å². The largest absolute Gasteiger partial charge is 0.497 e. The fourth-order valence-corrected chi connectivity index (χ4v) is 2.36. The summed E-state index contributed by atoms with van der Waals surface area (Å²) in [5, 5.41) is 15.1. The summed E-state index contributed by atoms with van der Waals surface area (Å²) >= 11 is 0.934. The molecular weight excluding hydrogens is 298 g/mol. The normalized spacial score (nSPS) is 10.4. The predicted molar refractivity (Wildman–Crippen MR) is 75.6 cm³/mol. The molecule has 0 fully saturated rings. The molecule has 0 atom stereocenters. The van der Waals surface area contributed by atoms with Gasteiger partial charge in [-0.25, -0.2) is 14.5 Å². The van der Waals surface area contributed by atoms with Crippen LogP contribution in [0.15, 0.2) is 28.2 Å². The molecular formula is C12H13N3O5S. The van der Waals surface area contributed by atoms with Crippen LogP contribution in [0.2, 0.25) is 0 Å². The molecule has 0 aliphatic carbocycles. The van der Waals surface area contributed by atoms with E-state index in [0.717, 1.165) is 11.8 Å². The molecule has 0 unspecified atom stereocenters. The minimum absolute atomic E-state index is 0.206. The zero-order valence-electron chi connectivity index (χ0n) is 11.3. The number of aromatic nitrogens is 3. The Kier molecular flexibility index (Phi) is 4.53. The molecule has 21 heavy (non-hydrogen) atoms. The summed E-state index contributed by atoms with van der Waals surface area (Å²) in [6.07, 6.45) is 0. The van der Waals surface area contributed by atoms with E-state index >= 15 is 0 Å². The van der Waals surface area contributed by atoms with Gasteiger partial charge >= 0.3 is 11.7 Å². The highest BCUT2D eigenvalue weighted by Crippen LogP contribution is 2.29. The predicted octanol–water partition coefficient (Wildman–Crippen LogP) is 0.754. The Hall–Kier alpha value is -2.42. The van der Waals surface area contributed by atoms with Crippen molar-refractivity contribution in [1.82, 2.24) is 14.8 Å². The lowest BCUT2D eigenvalue weighted by atomic mass is 10.2. The van der Waals surface area contributed by atoms with Gasteiger partial charge in [-0.2, -0.15) is 0 Å². The van der Waals surface area contributed by atoms with Crippen LogP contribution in [0.4, 0.5) is 0 Å². The number of hydrogen-bond acceptors (Lipinski definition) is 6. The summed E-state index contributed by atoms with van der Waals surface area (Å²) in [5.41, 5.74) is -0.0312. The molecule has 112 valence electrons. The van der Waals surface area contributed by atoms with Crippen LogP contribution in [0.1, 0.15) is 0 Å². The number of carboxylic acids is 1. The lowest BCUT2D eigenvalue weighted by molar-refractivity contribution is -0.133. The van der Waals surface area contributed by atoms with E-state index in [1.54, 1.807) is 18.2 Å². The van der Waals surface area contributed by atoms with E-state index in [1.165, 1.54) is 18.8 Å². The molecule has 0 saturated heterocycles. The molecule has 0 spiro atoms. The average molecular weight is 311 g/mol. The SMILES string of the molecule is COc1ccc(-n2c(SCC(=O)O)n[nH]c2=O)c(OC)c1. The van der Waals surface area contributed by atoms with Gasteiger partial charge in [-0.1, -0.05) is 11.8 Å². The molecule has 9 heteroatoms. The summed E-state index contributed by atoms with van der Waals surface area (Å²) in [6.45, 7) is 0. The van der Waals surface area contributed by atoms with Gasteiger partial charge in [-0.3, -0.25) is 4.79 Å². The molecule has 0 aliphatic heterocycles. The number of H-pyrrole nitrogens is 1. The Balaban J connectivity index is 2.48. The number of ether oxygens (including phenoxy) is 2. The fraction of sp³-hybridized carbons (Fsp3) is 0.250. The van der Waals surface area contributed by atoms with E-state index in [4.69, 9.17) is 14.6 Å². The second-order valence-electron chi connectivity index (χ2n) is 3.87. The summed E-state index contributed by atoms with van der Waals surface area (Å²) in [5.74, 6) is -0.214. The van der Waals surface area contributed by atoms with E-state index < -0.39 is 11.7 Å². The van der Waals surface area contributed by atoms with Gasteiger partial charge in [0.15, 0.2) is 5.16 Å². The number of carbonyl (C=O) groups is 1. The van der Waals surface area contributed by atoms with Gasteiger partial charge < -0.3 is 14.6 Å². The van der Waals surface area contributed by atoms with Crippen LogP contribution in [0.25, 0.3) is 5.69 Å². The van der Waals surface area contributed by atoms with E-state index in [2.05, 4.69) is 10.2 Å². The van der Waals surface area contributed by atoms with E-state index in [9.17, 15) is 9.59 Å². The lowest BCUT2D eigenvalue weighted by Crippen LogP contribution is -2.16. The van der Waals surface area contributed by atoms with Crippen molar-refractivity contribution in [2.45, 2.75) is 5.16 Å². The smallest absolute Gasteiger partial charge is 0.348 e. The van der Waals surface area contributed by atoms with Crippen molar-refractivity contribution in [2.24, 2.45) is 0 Å². The van der Waals surface area contributed by atoms with Gasteiger partial charge in [0.1, 0.15) is 11.5 Å². The highest BCUT2D eigenvalue weighted by Gasteiger charge is 2.16. The number of nitrogens with zero attached hydrogens (tertiary/aromatic N) is 2. The Morgan fingerprint density at radius 2 is 2.19 bits per heavy atom. The highest BCUT2D eigenvalue weighted by molar-refractivity contribution is 7.99. The Bertz CT molecular complexity index is 709. The van der Waals surface area contributed by atoms with Gasteiger partial charge in [0.05, 0.1) is 25.7 Å². The molecule has 2 rings (SSSR count). The fourth-order valence-electron chi connectivity index (χ4n) is 1.69. The van der Waals surface area contributed by atoms with Crippen molar-refractivity contribution >= 4 is 17.7 Å². The minimum atomic E-state index is -0.997. The van der Waals surface area contributed by atoms with Gasteiger partial charge in [-0.05, 0) is 12.1 Å². The second-order valence-corrected chi connectivity index (χ2v) is 4.81. The van der Waals surface area contributed by atoms with Crippen LogP contribution < -0.4 is 15.2 Å². The number of aliphatic carboxylic acids is 1. The summed E-state index contributed by atoms with van der Waals surface area (Å²) in [6, 6.07) is 4.93. The quantitative estimate of drug-likeness (QED) is 0.758. The number of methoxy groups -OCH3 is 2. The first kappa shape index (κ1) is 15.0. The van der Waals surface area contributed by atoms with Crippen molar-refractivity contribution < 1.29 is 19.4 Å². The maximum atomic E-state index is 11.9. The first-order valence-electron chi connectivity index (χ1n) is 5.81. The highest BCUT2D eigenvalue weighted by atomic mass is 32.2. The molecule has 2 N–H and O–H groups in total. The molecule has 1 heterocycles. The standard InChI is InChI=1S/C12H13N3O5S/c1-19-7-3-4-8(9(5-7)20-2)15-11(18)13-14-12(15)21-6-10(16)17/h3-5H,6H2,1-2H3,(H,13,18)(H,16,17). The van der Waals surface area contributed by atoms with Gasteiger partial charge in [0.2, 0.25) is 0 Å². The third kappa shape index (κ3) is 3.19. The average Bonchev–Trinajstić information content (AvgIpc) is 2.85. The first-order chi connectivity index (χ1) is 10.1. The van der Waals surface area contributed by atoms with Crippen LogP contribution in [0.3, 0.4) is 0 Å². The van der Waals surface area contributed by atoms with E-state index in [1.807, 2.05) is 0 Å². The Morgan fingerprint density at radius 3 is 2.81 bits per heavy atom. The third-order valence-electron chi connectivity index (χ3n) is 2.59. The molecule has 2 aromatic rings. The van der Waals surface area contributed by atoms with Crippen molar-refractivity contribution in [2.75, 3.05) is 20.0 Å². The maximum absolute atomic E-state index is 11.9. The number of thioether (sulfide) groups is 1. The van der Waals surface area contributed by atoms with Crippen LogP contribution in [-0.4, -0.2) is 45.8 Å². The van der Waals surface area contributed by atoms with Crippen molar-refractivity contribution in [3.63, 3.8) is 0 Å². The van der Waals surface area contributed by atoms with Crippen LogP contribution >= 0.6 is 11.8 Å². The monoisotopic (exact) mass is 311 g/mol. The number of aromatic amines is 1. The Labute approximate surface area is 123 Å². The summed E-state index contributed by atoms with van der Waals surface area (Å²) in [4.78, 5) is 22.6. The Morgan fingerprint density at radius 1 is 1.43 bits per heavy atom. The van der Waals surface area contributed by atoms with Crippen LogP contribution in [0, 0.1) is 0 Å². The lowest BCUT2D eigenvalue weighted by Gasteiger charge is -2.11. The van der Waals surface area contributed by atoms with Gasteiger partial charge in [0, 0.05) is 6.07 Å². The molecule has 8 nitrogen and oxygen atoms in total.